The Hall–Kier alpha value is -0.380. The van der Waals surface area contributed by atoms with Crippen LogP contribution in [0.3, 0.4) is 0 Å². The van der Waals surface area contributed by atoms with Crippen molar-refractivity contribution in [3.63, 3.8) is 0 Å². The summed E-state index contributed by atoms with van der Waals surface area (Å²) in [4.78, 5) is 0. The summed E-state index contributed by atoms with van der Waals surface area (Å²) in [6, 6.07) is 2.15. The molecule has 1 rings (SSSR count). The zero-order valence-electron chi connectivity index (χ0n) is 11.9. The van der Waals surface area contributed by atoms with Crippen LogP contribution in [-0.4, -0.2) is 12.1 Å². The lowest BCUT2D eigenvalue weighted by Crippen LogP contribution is -2.29. The molecular weight excluding hydrogens is 242 g/mol. The lowest BCUT2D eigenvalue weighted by atomic mass is 10.1. The van der Waals surface area contributed by atoms with Crippen LogP contribution in [0.4, 0.5) is 0 Å². The van der Waals surface area contributed by atoms with Crippen molar-refractivity contribution in [2.75, 3.05) is 0 Å². The van der Waals surface area contributed by atoms with E-state index in [-0.39, 0.29) is 18.2 Å². The van der Waals surface area contributed by atoms with Gasteiger partial charge in [-0.3, -0.25) is 0 Å². The molecule has 0 amide bonds. The van der Waals surface area contributed by atoms with Crippen molar-refractivity contribution in [2.45, 2.75) is 71.1 Å². The van der Waals surface area contributed by atoms with Crippen molar-refractivity contribution >= 4 is 11.3 Å². The summed E-state index contributed by atoms with van der Waals surface area (Å²) in [5.41, 5.74) is 7.25. The molecule has 0 aliphatic heterocycles. The van der Waals surface area contributed by atoms with Crippen LogP contribution in [0.25, 0.3) is 0 Å². The number of thiophene rings is 1. The summed E-state index contributed by atoms with van der Waals surface area (Å²) in [5, 5.41) is 4.22. The summed E-state index contributed by atoms with van der Waals surface area (Å²) in [6.45, 7) is 6.42. The van der Waals surface area contributed by atoms with Crippen LogP contribution in [-0.2, 0) is 4.74 Å². The van der Waals surface area contributed by atoms with Crippen molar-refractivity contribution in [1.29, 1.82) is 0 Å². The molecule has 0 spiro atoms. The molecule has 1 aromatic heterocycles. The minimum absolute atomic E-state index is 0.0393. The molecule has 0 fully saturated rings. The third-order valence-electron chi connectivity index (χ3n) is 3.19. The van der Waals surface area contributed by atoms with Crippen LogP contribution in [0.5, 0.6) is 0 Å². The fourth-order valence-corrected chi connectivity index (χ4v) is 2.80. The molecule has 2 N–H and O–H groups in total. The maximum Gasteiger partial charge on any atom is 0.0984 e. The molecule has 104 valence electrons. The average Bonchev–Trinajstić information content (AvgIpc) is 2.85. The predicted octanol–water partition coefficient (Wildman–Crippen LogP) is 4.51. The summed E-state index contributed by atoms with van der Waals surface area (Å²) >= 11 is 1.70. The van der Waals surface area contributed by atoms with E-state index in [1.54, 1.807) is 11.3 Å². The van der Waals surface area contributed by atoms with E-state index in [4.69, 9.17) is 10.5 Å². The van der Waals surface area contributed by atoms with Crippen LogP contribution in [0, 0.1) is 0 Å². The Morgan fingerprint density at radius 1 is 1.28 bits per heavy atom. The molecule has 0 aromatic carbocycles. The molecule has 3 heteroatoms. The Kier molecular flexibility index (Phi) is 7.56. The molecule has 1 aromatic rings. The second-order valence-electron chi connectivity index (χ2n) is 5.13. The third kappa shape index (κ3) is 5.51. The van der Waals surface area contributed by atoms with E-state index < -0.39 is 0 Å². The van der Waals surface area contributed by atoms with Gasteiger partial charge in [0.25, 0.3) is 0 Å². The summed E-state index contributed by atoms with van der Waals surface area (Å²) in [7, 11) is 0. The number of unbranched alkanes of at least 4 members (excludes halogenated alkanes) is 3. The molecule has 0 saturated heterocycles. The van der Waals surface area contributed by atoms with Crippen molar-refractivity contribution < 1.29 is 4.74 Å². The summed E-state index contributed by atoms with van der Waals surface area (Å²) in [5.74, 6) is 0. The second-order valence-corrected chi connectivity index (χ2v) is 5.91. The Balaban J connectivity index is 2.37. The van der Waals surface area contributed by atoms with Crippen molar-refractivity contribution in [3.8, 4) is 0 Å². The first-order valence-corrected chi connectivity index (χ1v) is 8.02. The van der Waals surface area contributed by atoms with Crippen LogP contribution in [0.2, 0.25) is 0 Å². The third-order valence-corrected chi connectivity index (χ3v) is 3.89. The quantitative estimate of drug-likeness (QED) is 0.669. The standard InChI is InChI=1S/C15H27NOS/c1-4-5-6-7-8-12(2)17-15(13(3)16)14-9-10-18-11-14/h9-13,15H,4-8,16H2,1-3H3. The lowest BCUT2D eigenvalue weighted by Gasteiger charge is -2.25. The first kappa shape index (κ1) is 15.7. The number of hydrogen-bond acceptors (Lipinski definition) is 3. The zero-order valence-corrected chi connectivity index (χ0v) is 12.7. The topological polar surface area (TPSA) is 35.2 Å². The summed E-state index contributed by atoms with van der Waals surface area (Å²) in [6.07, 6.45) is 6.64. The average molecular weight is 269 g/mol. The SMILES string of the molecule is CCCCCCC(C)OC(c1ccsc1)C(C)N. The minimum Gasteiger partial charge on any atom is -0.369 e. The fourth-order valence-electron chi connectivity index (χ4n) is 2.12. The van der Waals surface area contributed by atoms with Gasteiger partial charge in [-0.05, 0) is 42.7 Å². The van der Waals surface area contributed by atoms with E-state index >= 15 is 0 Å². The van der Waals surface area contributed by atoms with Crippen molar-refractivity contribution in [3.05, 3.63) is 22.4 Å². The van der Waals surface area contributed by atoms with E-state index in [1.807, 2.05) is 6.92 Å². The molecule has 0 aliphatic rings. The highest BCUT2D eigenvalue weighted by Gasteiger charge is 2.19. The van der Waals surface area contributed by atoms with Gasteiger partial charge in [-0.1, -0.05) is 32.6 Å². The highest BCUT2D eigenvalue weighted by atomic mass is 32.1. The van der Waals surface area contributed by atoms with E-state index in [9.17, 15) is 0 Å². The highest BCUT2D eigenvalue weighted by molar-refractivity contribution is 7.07. The monoisotopic (exact) mass is 269 g/mol. The molecule has 0 saturated carbocycles. The van der Waals surface area contributed by atoms with Gasteiger partial charge in [-0.25, -0.2) is 0 Å². The van der Waals surface area contributed by atoms with Gasteiger partial charge in [0.1, 0.15) is 0 Å². The van der Waals surface area contributed by atoms with E-state index in [0.717, 1.165) is 6.42 Å². The van der Waals surface area contributed by atoms with Crippen molar-refractivity contribution in [2.24, 2.45) is 5.73 Å². The molecular formula is C15H27NOS. The molecule has 18 heavy (non-hydrogen) atoms. The van der Waals surface area contributed by atoms with Gasteiger partial charge in [0, 0.05) is 6.04 Å². The molecule has 3 unspecified atom stereocenters. The van der Waals surface area contributed by atoms with Gasteiger partial charge in [-0.15, -0.1) is 0 Å². The normalized spacial score (nSPS) is 16.4. The number of hydrogen-bond donors (Lipinski definition) is 1. The first-order chi connectivity index (χ1) is 8.65. The van der Waals surface area contributed by atoms with E-state index in [1.165, 1.54) is 31.2 Å². The predicted molar refractivity (Wildman–Crippen MR) is 80.0 cm³/mol. The smallest absolute Gasteiger partial charge is 0.0984 e. The van der Waals surface area contributed by atoms with Crippen LogP contribution in [0.15, 0.2) is 16.8 Å². The first-order valence-electron chi connectivity index (χ1n) is 7.08. The molecule has 3 atom stereocenters. The fraction of sp³-hybridized carbons (Fsp3) is 0.733. The molecule has 0 bridgehead atoms. The minimum atomic E-state index is 0.0393. The van der Waals surface area contributed by atoms with Crippen LogP contribution < -0.4 is 5.73 Å². The van der Waals surface area contributed by atoms with Crippen molar-refractivity contribution in [1.82, 2.24) is 0 Å². The van der Waals surface area contributed by atoms with Gasteiger partial charge in [-0.2, -0.15) is 11.3 Å². The Morgan fingerprint density at radius 3 is 2.61 bits per heavy atom. The zero-order chi connectivity index (χ0) is 13.4. The number of nitrogens with two attached hydrogens (primary N) is 1. The van der Waals surface area contributed by atoms with Crippen LogP contribution in [0.1, 0.15) is 64.5 Å². The van der Waals surface area contributed by atoms with Gasteiger partial charge in [0.05, 0.1) is 12.2 Å². The van der Waals surface area contributed by atoms with Gasteiger partial charge in [0.15, 0.2) is 0 Å². The Labute approximate surface area is 116 Å². The Bertz CT molecular complexity index is 297. The van der Waals surface area contributed by atoms with E-state index in [2.05, 4.69) is 30.7 Å². The van der Waals surface area contributed by atoms with E-state index in [0.29, 0.717) is 0 Å². The summed E-state index contributed by atoms with van der Waals surface area (Å²) < 4.78 is 6.12. The molecule has 0 aliphatic carbocycles. The number of rotatable bonds is 9. The maximum absolute atomic E-state index is 6.12. The van der Waals surface area contributed by atoms with Crippen LogP contribution >= 0.6 is 11.3 Å². The maximum atomic E-state index is 6.12. The molecule has 0 radical (unpaired) electrons. The molecule has 2 nitrogen and oxygen atoms in total. The van der Waals surface area contributed by atoms with Gasteiger partial charge in [0.2, 0.25) is 0 Å². The number of ether oxygens (including phenoxy) is 1. The second kappa shape index (κ2) is 8.68. The lowest BCUT2D eigenvalue weighted by molar-refractivity contribution is -0.0192. The van der Waals surface area contributed by atoms with Gasteiger partial charge >= 0.3 is 0 Å². The molecule has 1 heterocycles. The largest absolute Gasteiger partial charge is 0.369 e. The van der Waals surface area contributed by atoms with Gasteiger partial charge < -0.3 is 10.5 Å². The highest BCUT2D eigenvalue weighted by Crippen LogP contribution is 2.25. The Morgan fingerprint density at radius 2 is 2.06 bits per heavy atom.